The van der Waals surface area contributed by atoms with Crippen LogP contribution in [0.1, 0.15) is 25.3 Å². The summed E-state index contributed by atoms with van der Waals surface area (Å²) in [7, 11) is 3.56. The Morgan fingerprint density at radius 2 is 1.85 bits per heavy atom. The molecule has 1 aromatic carbocycles. The normalized spacial score (nSPS) is 11.0. The largest absolute Gasteiger partial charge is 0.496 e. The van der Waals surface area contributed by atoms with E-state index in [-0.39, 0.29) is 17.7 Å². The molecule has 0 saturated heterocycles. The van der Waals surface area contributed by atoms with Gasteiger partial charge in [-0.05, 0) is 18.1 Å². The highest BCUT2D eigenvalue weighted by Crippen LogP contribution is 2.40. The van der Waals surface area contributed by atoms with Crippen molar-refractivity contribution in [3.8, 4) is 28.6 Å². The zero-order valence-electron chi connectivity index (χ0n) is 15.2. The molecule has 0 spiro atoms. The van der Waals surface area contributed by atoms with E-state index in [1.54, 1.807) is 13.3 Å². The van der Waals surface area contributed by atoms with Crippen molar-refractivity contribution >= 4 is 11.8 Å². The quantitative estimate of drug-likeness (QED) is 0.724. The number of nitrogen functional groups attached to an aromatic ring is 2. The van der Waals surface area contributed by atoms with Gasteiger partial charge in [0, 0.05) is 25.0 Å². The van der Waals surface area contributed by atoms with Crippen molar-refractivity contribution in [2.45, 2.75) is 19.8 Å². The number of aryl methyl sites for hydroxylation is 1. The summed E-state index contributed by atoms with van der Waals surface area (Å²) in [6.07, 6.45) is 5.07. The number of hydrogen-bond acceptors (Lipinski definition) is 7. The maximum absolute atomic E-state index is 6.04. The molecule has 0 radical (unpaired) electrons. The van der Waals surface area contributed by atoms with Crippen molar-refractivity contribution in [2.75, 3.05) is 18.6 Å². The first-order chi connectivity index (χ1) is 12.4. The van der Waals surface area contributed by atoms with Gasteiger partial charge in [0.25, 0.3) is 0 Å². The van der Waals surface area contributed by atoms with Crippen LogP contribution in [0.5, 0.6) is 17.2 Å². The minimum Gasteiger partial charge on any atom is -0.496 e. The number of aromatic nitrogens is 4. The van der Waals surface area contributed by atoms with E-state index in [0.29, 0.717) is 11.5 Å². The molecule has 0 fully saturated rings. The predicted molar refractivity (Wildman–Crippen MR) is 100 cm³/mol. The molecular weight excluding hydrogens is 332 g/mol. The second-order valence-electron chi connectivity index (χ2n) is 6.19. The molecule has 0 atom stereocenters. The fraction of sp³-hybridized carbons (Fsp3) is 0.278. The maximum atomic E-state index is 6.04. The van der Waals surface area contributed by atoms with Gasteiger partial charge in [0.15, 0.2) is 11.6 Å². The summed E-state index contributed by atoms with van der Waals surface area (Å²) in [5.74, 6) is 2.95. The monoisotopic (exact) mass is 354 g/mol. The Morgan fingerprint density at radius 1 is 1.08 bits per heavy atom. The number of imidazole rings is 1. The highest BCUT2D eigenvalue weighted by Gasteiger charge is 2.19. The Kier molecular flexibility index (Phi) is 4.66. The molecule has 0 amide bonds. The lowest BCUT2D eigenvalue weighted by Gasteiger charge is -2.18. The summed E-state index contributed by atoms with van der Waals surface area (Å²) in [6.45, 7) is 4.15. The third kappa shape index (κ3) is 3.26. The molecule has 136 valence electrons. The first kappa shape index (κ1) is 17.5. The van der Waals surface area contributed by atoms with Gasteiger partial charge in [0.1, 0.15) is 17.3 Å². The lowest BCUT2D eigenvalue weighted by Crippen LogP contribution is -2.04. The topological polar surface area (TPSA) is 114 Å². The van der Waals surface area contributed by atoms with Crippen LogP contribution in [-0.2, 0) is 7.05 Å². The molecule has 0 unspecified atom stereocenters. The molecule has 0 saturated carbocycles. The minimum atomic E-state index is 0.0994. The molecule has 0 aliphatic heterocycles. The lowest BCUT2D eigenvalue weighted by molar-refractivity contribution is 0.412. The van der Waals surface area contributed by atoms with Gasteiger partial charge in [-0.2, -0.15) is 4.98 Å². The Bertz CT molecular complexity index is 935. The van der Waals surface area contributed by atoms with Gasteiger partial charge >= 0.3 is 0 Å². The molecule has 3 rings (SSSR count). The number of nitrogens with two attached hydrogens (primary N) is 2. The van der Waals surface area contributed by atoms with Gasteiger partial charge in [-0.3, -0.25) is 0 Å². The van der Waals surface area contributed by atoms with E-state index in [4.69, 9.17) is 20.9 Å². The number of methoxy groups -OCH3 is 1. The maximum Gasteiger partial charge on any atom is 0.222 e. The molecule has 0 aliphatic carbocycles. The smallest absolute Gasteiger partial charge is 0.222 e. The van der Waals surface area contributed by atoms with Gasteiger partial charge in [-0.1, -0.05) is 13.8 Å². The van der Waals surface area contributed by atoms with Crippen LogP contribution in [0.4, 0.5) is 11.8 Å². The van der Waals surface area contributed by atoms with Crippen molar-refractivity contribution in [3.05, 3.63) is 36.3 Å². The molecule has 8 nitrogen and oxygen atoms in total. The number of hydrogen-bond donors (Lipinski definition) is 2. The fourth-order valence-electron chi connectivity index (χ4n) is 2.68. The highest BCUT2D eigenvalue weighted by molar-refractivity contribution is 5.69. The Morgan fingerprint density at radius 3 is 2.42 bits per heavy atom. The van der Waals surface area contributed by atoms with Crippen LogP contribution in [-0.4, -0.2) is 26.6 Å². The summed E-state index contributed by atoms with van der Waals surface area (Å²) < 4.78 is 13.5. The van der Waals surface area contributed by atoms with E-state index >= 15 is 0 Å². The molecule has 26 heavy (non-hydrogen) atoms. The zero-order valence-corrected chi connectivity index (χ0v) is 15.2. The summed E-state index contributed by atoms with van der Waals surface area (Å²) in [6, 6.07) is 3.85. The third-order valence-corrected chi connectivity index (χ3v) is 4.04. The average molecular weight is 354 g/mol. The lowest BCUT2D eigenvalue weighted by atomic mass is 9.99. The van der Waals surface area contributed by atoms with E-state index in [0.717, 1.165) is 22.7 Å². The Labute approximate surface area is 151 Å². The molecule has 2 heterocycles. The van der Waals surface area contributed by atoms with Crippen LogP contribution < -0.4 is 20.9 Å². The Balaban J connectivity index is 2.14. The highest BCUT2D eigenvalue weighted by atomic mass is 16.5. The number of ether oxygens (including phenoxy) is 2. The molecule has 3 aromatic rings. The summed E-state index contributed by atoms with van der Waals surface area (Å²) in [5.41, 5.74) is 13.3. The van der Waals surface area contributed by atoms with Crippen molar-refractivity contribution in [2.24, 2.45) is 7.05 Å². The van der Waals surface area contributed by atoms with Crippen molar-refractivity contribution in [1.29, 1.82) is 0 Å². The number of rotatable bonds is 5. The van der Waals surface area contributed by atoms with Crippen molar-refractivity contribution in [3.63, 3.8) is 0 Å². The van der Waals surface area contributed by atoms with E-state index in [2.05, 4.69) is 28.8 Å². The van der Waals surface area contributed by atoms with Crippen LogP contribution in [0.2, 0.25) is 0 Å². The predicted octanol–water partition coefficient (Wildman–Crippen LogP) is 2.97. The standard InChI is InChI=1S/C18H22N6O2/c1-10(2)11-7-13(25-4)12(17-21-5-6-24(17)3)8-14(11)26-15-9-22-18(20)23-16(15)19/h5-10H,1-4H3,(H4,19,20,22,23). The van der Waals surface area contributed by atoms with Crippen LogP contribution in [0, 0.1) is 0 Å². The molecule has 4 N–H and O–H groups in total. The average Bonchev–Trinajstić information content (AvgIpc) is 3.02. The second kappa shape index (κ2) is 6.91. The molecule has 2 aromatic heterocycles. The Hall–Kier alpha value is -3.29. The second-order valence-corrected chi connectivity index (χ2v) is 6.19. The first-order valence-corrected chi connectivity index (χ1v) is 8.16. The zero-order chi connectivity index (χ0) is 18.8. The molecule has 0 aliphatic rings. The van der Waals surface area contributed by atoms with E-state index < -0.39 is 0 Å². The van der Waals surface area contributed by atoms with Gasteiger partial charge in [0.2, 0.25) is 5.95 Å². The van der Waals surface area contributed by atoms with Crippen molar-refractivity contribution < 1.29 is 9.47 Å². The SMILES string of the molecule is COc1cc(C(C)C)c(Oc2cnc(N)nc2N)cc1-c1nccn1C. The molecule has 0 bridgehead atoms. The van der Waals surface area contributed by atoms with Gasteiger partial charge in [-0.25, -0.2) is 9.97 Å². The van der Waals surface area contributed by atoms with E-state index in [1.165, 1.54) is 6.20 Å². The van der Waals surface area contributed by atoms with E-state index in [9.17, 15) is 0 Å². The molecular formula is C18H22N6O2. The van der Waals surface area contributed by atoms with Crippen LogP contribution in [0.25, 0.3) is 11.4 Å². The number of nitrogens with zero attached hydrogens (tertiary/aromatic N) is 4. The van der Waals surface area contributed by atoms with Gasteiger partial charge in [0.05, 0.1) is 18.9 Å². The van der Waals surface area contributed by atoms with Gasteiger partial charge < -0.3 is 25.5 Å². The van der Waals surface area contributed by atoms with Crippen LogP contribution in [0.15, 0.2) is 30.7 Å². The van der Waals surface area contributed by atoms with E-state index in [1.807, 2.05) is 29.9 Å². The minimum absolute atomic E-state index is 0.0994. The molecule has 8 heteroatoms. The van der Waals surface area contributed by atoms with Crippen LogP contribution >= 0.6 is 0 Å². The summed E-state index contributed by atoms with van der Waals surface area (Å²) in [4.78, 5) is 12.3. The number of anilines is 2. The fourth-order valence-corrected chi connectivity index (χ4v) is 2.68. The summed E-state index contributed by atoms with van der Waals surface area (Å²) in [5, 5.41) is 0. The summed E-state index contributed by atoms with van der Waals surface area (Å²) >= 11 is 0. The van der Waals surface area contributed by atoms with Gasteiger partial charge in [-0.15, -0.1) is 0 Å². The third-order valence-electron chi connectivity index (χ3n) is 4.04. The van der Waals surface area contributed by atoms with Crippen LogP contribution in [0.3, 0.4) is 0 Å². The van der Waals surface area contributed by atoms with Crippen molar-refractivity contribution in [1.82, 2.24) is 19.5 Å². The first-order valence-electron chi connectivity index (χ1n) is 8.16. The number of benzene rings is 1.